The summed E-state index contributed by atoms with van der Waals surface area (Å²) in [5, 5.41) is 4.41. The van der Waals surface area contributed by atoms with Crippen LogP contribution < -0.4 is 21.2 Å². The molecule has 0 saturated heterocycles. The van der Waals surface area contributed by atoms with Crippen molar-refractivity contribution in [2.75, 3.05) is 0 Å². The molecule has 0 bridgehead atoms. The SMILES string of the molecule is O=C(CCCCCC(=O)P(c1ccccc1)c1ccccc1)P(c1ccccc1)c1ccccc1. The van der Waals surface area contributed by atoms with Crippen LogP contribution in [0.4, 0.5) is 0 Å². The second kappa shape index (κ2) is 13.2. The molecule has 0 fully saturated rings. The van der Waals surface area contributed by atoms with E-state index < -0.39 is 15.8 Å². The van der Waals surface area contributed by atoms with Gasteiger partial charge in [-0.1, -0.05) is 128 Å². The number of unbranched alkanes of at least 4 members (excludes halogenated alkanes) is 2. The smallest absolute Gasteiger partial charge is 0.163 e. The van der Waals surface area contributed by atoms with Crippen molar-refractivity contribution in [2.24, 2.45) is 0 Å². The van der Waals surface area contributed by atoms with Gasteiger partial charge in [0.25, 0.3) is 0 Å². The van der Waals surface area contributed by atoms with Crippen molar-refractivity contribution in [3.8, 4) is 0 Å². The first-order chi connectivity index (χ1) is 17.2. The fourth-order valence-corrected chi connectivity index (χ4v) is 8.53. The third kappa shape index (κ3) is 7.04. The fraction of sp³-hybridized carbons (Fsp3) is 0.161. The Balaban J connectivity index is 1.34. The van der Waals surface area contributed by atoms with Gasteiger partial charge in [-0.05, 0) is 34.1 Å². The Morgan fingerprint density at radius 1 is 0.400 bits per heavy atom. The van der Waals surface area contributed by atoms with Crippen LogP contribution in [0.1, 0.15) is 32.1 Å². The highest BCUT2D eigenvalue weighted by molar-refractivity contribution is 7.88. The average molecular weight is 497 g/mol. The summed E-state index contributed by atoms with van der Waals surface area (Å²) >= 11 is 0. The zero-order valence-electron chi connectivity index (χ0n) is 19.8. The molecule has 0 radical (unpaired) electrons. The highest BCUT2D eigenvalue weighted by atomic mass is 31.1. The Hall–Kier alpha value is -2.92. The lowest BCUT2D eigenvalue weighted by atomic mass is 10.2. The highest BCUT2D eigenvalue weighted by Gasteiger charge is 2.23. The van der Waals surface area contributed by atoms with Crippen LogP contribution in [0.3, 0.4) is 0 Å². The van der Waals surface area contributed by atoms with Crippen LogP contribution in [0, 0.1) is 0 Å². The van der Waals surface area contributed by atoms with Gasteiger partial charge in [0.1, 0.15) is 0 Å². The zero-order chi connectivity index (χ0) is 24.3. The van der Waals surface area contributed by atoms with Crippen molar-refractivity contribution in [3.63, 3.8) is 0 Å². The van der Waals surface area contributed by atoms with Gasteiger partial charge in [0.05, 0.1) is 0 Å². The molecule has 0 spiro atoms. The number of carbonyl (C=O) groups is 2. The number of rotatable bonds is 12. The molecule has 0 N–H and O–H groups in total. The van der Waals surface area contributed by atoms with Gasteiger partial charge in [-0.25, -0.2) is 0 Å². The van der Waals surface area contributed by atoms with Crippen LogP contribution in [0.2, 0.25) is 0 Å². The minimum absolute atomic E-state index is 0.305. The number of hydrogen-bond donors (Lipinski definition) is 0. The van der Waals surface area contributed by atoms with E-state index in [9.17, 15) is 9.59 Å². The van der Waals surface area contributed by atoms with Gasteiger partial charge >= 0.3 is 0 Å². The van der Waals surface area contributed by atoms with Gasteiger partial charge in [0, 0.05) is 28.7 Å². The molecule has 4 heteroatoms. The average Bonchev–Trinajstić information content (AvgIpc) is 2.91. The quantitative estimate of drug-likeness (QED) is 0.172. The Bertz CT molecular complexity index is 1020. The molecule has 4 aromatic carbocycles. The van der Waals surface area contributed by atoms with E-state index in [4.69, 9.17) is 0 Å². The van der Waals surface area contributed by atoms with Crippen LogP contribution in [-0.4, -0.2) is 11.0 Å². The molecule has 2 nitrogen and oxygen atoms in total. The molecule has 4 rings (SSSR count). The van der Waals surface area contributed by atoms with E-state index in [1.165, 1.54) is 0 Å². The van der Waals surface area contributed by atoms with E-state index in [2.05, 4.69) is 48.5 Å². The van der Waals surface area contributed by atoms with Crippen LogP contribution in [-0.2, 0) is 9.59 Å². The molecule has 35 heavy (non-hydrogen) atoms. The molecule has 0 atom stereocenters. The largest absolute Gasteiger partial charge is 0.294 e. The maximum absolute atomic E-state index is 13.3. The van der Waals surface area contributed by atoms with Crippen LogP contribution in [0.5, 0.6) is 0 Å². The van der Waals surface area contributed by atoms with Crippen molar-refractivity contribution >= 4 is 48.1 Å². The first kappa shape index (κ1) is 25.2. The second-order valence-electron chi connectivity index (χ2n) is 8.36. The van der Waals surface area contributed by atoms with Crippen molar-refractivity contribution < 1.29 is 9.59 Å². The topological polar surface area (TPSA) is 34.1 Å². The normalized spacial score (nSPS) is 11.0. The van der Waals surface area contributed by atoms with E-state index in [-0.39, 0.29) is 0 Å². The molecule has 0 unspecified atom stereocenters. The number of carbonyl (C=O) groups excluding carboxylic acids is 2. The summed E-state index contributed by atoms with van der Waals surface area (Å²) in [6.45, 7) is 0. The monoisotopic (exact) mass is 496 g/mol. The van der Waals surface area contributed by atoms with Crippen molar-refractivity contribution in [1.29, 1.82) is 0 Å². The number of hydrogen-bond acceptors (Lipinski definition) is 2. The maximum atomic E-state index is 13.3. The van der Waals surface area contributed by atoms with Gasteiger partial charge in [-0.15, -0.1) is 0 Å². The van der Waals surface area contributed by atoms with Crippen LogP contribution >= 0.6 is 15.8 Å². The van der Waals surface area contributed by atoms with Gasteiger partial charge < -0.3 is 0 Å². The fourth-order valence-electron chi connectivity index (χ4n) is 4.14. The summed E-state index contributed by atoms with van der Waals surface area (Å²) in [6.07, 6.45) is 3.63. The summed E-state index contributed by atoms with van der Waals surface area (Å²) in [5.74, 6) is 0. The summed E-state index contributed by atoms with van der Waals surface area (Å²) < 4.78 is 0. The Labute approximate surface area is 210 Å². The highest BCUT2D eigenvalue weighted by Crippen LogP contribution is 2.38. The molecule has 0 amide bonds. The summed E-state index contributed by atoms with van der Waals surface area (Å²) in [4.78, 5) is 26.6. The van der Waals surface area contributed by atoms with Crippen molar-refractivity contribution in [1.82, 2.24) is 0 Å². The third-order valence-corrected chi connectivity index (χ3v) is 10.5. The van der Waals surface area contributed by atoms with E-state index in [0.717, 1.165) is 40.5 Å². The lowest BCUT2D eigenvalue weighted by Gasteiger charge is -2.18. The van der Waals surface area contributed by atoms with Crippen LogP contribution in [0.15, 0.2) is 121 Å². The predicted octanol–water partition coefficient (Wildman–Crippen LogP) is 6.26. The molecule has 0 aliphatic heterocycles. The molecule has 176 valence electrons. The van der Waals surface area contributed by atoms with Gasteiger partial charge in [0.2, 0.25) is 0 Å². The zero-order valence-corrected chi connectivity index (χ0v) is 21.6. The molecule has 4 aromatic rings. The van der Waals surface area contributed by atoms with Crippen molar-refractivity contribution in [3.05, 3.63) is 121 Å². The lowest BCUT2D eigenvalue weighted by molar-refractivity contribution is -0.111. The Kier molecular flexibility index (Phi) is 9.53. The van der Waals surface area contributed by atoms with E-state index in [1.54, 1.807) is 0 Å². The minimum atomic E-state index is -1.02. The molecular weight excluding hydrogens is 466 g/mol. The summed E-state index contributed by atoms with van der Waals surface area (Å²) in [5.41, 5.74) is 0.610. The molecule has 0 aliphatic carbocycles. The second-order valence-corrected chi connectivity index (χ2v) is 12.8. The molecule has 0 aromatic heterocycles. The van der Waals surface area contributed by atoms with Gasteiger partial charge in [0.15, 0.2) is 11.0 Å². The molecule has 0 saturated carbocycles. The van der Waals surface area contributed by atoms with E-state index in [0.29, 0.717) is 23.9 Å². The summed E-state index contributed by atoms with van der Waals surface area (Å²) in [6, 6.07) is 40.5. The Morgan fingerprint density at radius 3 is 0.914 bits per heavy atom. The number of benzene rings is 4. The van der Waals surface area contributed by atoms with Gasteiger partial charge in [-0.3, -0.25) is 9.59 Å². The molecule has 0 heterocycles. The van der Waals surface area contributed by atoms with Crippen molar-refractivity contribution in [2.45, 2.75) is 32.1 Å². The third-order valence-electron chi connectivity index (χ3n) is 5.84. The first-order valence-electron chi connectivity index (χ1n) is 12.1. The molecule has 0 aliphatic rings. The van der Waals surface area contributed by atoms with E-state index in [1.807, 2.05) is 72.8 Å². The van der Waals surface area contributed by atoms with Gasteiger partial charge in [-0.2, -0.15) is 0 Å². The Morgan fingerprint density at radius 2 is 0.657 bits per heavy atom. The standard InChI is InChI=1S/C31H30O2P2/c32-30(34(26-16-6-1-7-17-26)27-18-8-2-9-19-27)24-14-5-15-25-31(33)35(28-20-10-3-11-21-28)29-22-12-4-13-23-29/h1-4,6-13,16-23H,5,14-15,24-25H2. The first-order valence-corrected chi connectivity index (χ1v) is 14.8. The summed E-state index contributed by atoms with van der Waals surface area (Å²) in [7, 11) is -2.04. The molecular formula is C31H30O2P2. The van der Waals surface area contributed by atoms with E-state index >= 15 is 0 Å². The lowest BCUT2D eigenvalue weighted by Crippen LogP contribution is -2.18. The minimum Gasteiger partial charge on any atom is -0.294 e. The predicted molar refractivity (Wildman–Crippen MR) is 151 cm³/mol. The maximum Gasteiger partial charge on any atom is 0.163 e. The van der Waals surface area contributed by atoms with Crippen LogP contribution in [0.25, 0.3) is 0 Å².